The zero-order valence-corrected chi connectivity index (χ0v) is 12.0. The van der Waals surface area contributed by atoms with E-state index in [0.717, 1.165) is 31.7 Å². The van der Waals surface area contributed by atoms with Gasteiger partial charge in [0.15, 0.2) is 0 Å². The van der Waals surface area contributed by atoms with Gasteiger partial charge in [0, 0.05) is 25.6 Å². The summed E-state index contributed by atoms with van der Waals surface area (Å²) in [7, 11) is 0. The number of aliphatic carboxylic acids is 1. The zero-order chi connectivity index (χ0) is 14.5. The summed E-state index contributed by atoms with van der Waals surface area (Å²) in [6.07, 6.45) is 2.18. The Morgan fingerprint density at radius 1 is 1.55 bits per heavy atom. The Balaban J connectivity index is 2.11. The topological polar surface area (TPSA) is 75.5 Å². The molecular formula is C14H21N3O3. The van der Waals surface area contributed by atoms with Crippen LogP contribution < -0.4 is 9.64 Å². The van der Waals surface area contributed by atoms with E-state index >= 15 is 0 Å². The standard InChI is InChI=1S/C14H21N3O3/c1-3-20-13-8-12(15-10(2)16-13)17-6-4-5-11(9-17)7-14(18)19/h8,11H,3-7,9H2,1-2H3,(H,18,19). The minimum absolute atomic E-state index is 0.187. The third-order valence-corrected chi connectivity index (χ3v) is 3.40. The quantitative estimate of drug-likeness (QED) is 0.887. The van der Waals surface area contributed by atoms with Crippen molar-refractivity contribution in [2.45, 2.75) is 33.1 Å². The van der Waals surface area contributed by atoms with Crippen molar-refractivity contribution in [1.82, 2.24) is 9.97 Å². The second-order valence-corrected chi connectivity index (χ2v) is 5.10. The molecule has 0 amide bonds. The summed E-state index contributed by atoms with van der Waals surface area (Å²) >= 11 is 0. The molecule has 6 heteroatoms. The molecule has 2 heterocycles. The molecule has 1 aromatic heterocycles. The Morgan fingerprint density at radius 3 is 3.05 bits per heavy atom. The molecule has 0 saturated carbocycles. The molecule has 1 fully saturated rings. The minimum Gasteiger partial charge on any atom is -0.481 e. The largest absolute Gasteiger partial charge is 0.481 e. The maximum Gasteiger partial charge on any atom is 0.303 e. The first-order valence-electron chi connectivity index (χ1n) is 7.03. The van der Waals surface area contributed by atoms with Crippen LogP contribution in [0.5, 0.6) is 5.88 Å². The van der Waals surface area contributed by atoms with Crippen LogP contribution in [0.25, 0.3) is 0 Å². The second kappa shape index (κ2) is 6.54. The van der Waals surface area contributed by atoms with Crippen LogP contribution in [0.15, 0.2) is 6.07 Å². The molecule has 0 aromatic carbocycles. The third kappa shape index (κ3) is 3.82. The van der Waals surface area contributed by atoms with Gasteiger partial charge >= 0.3 is 5.97 Å². The van der Waals surface area contributed by atoms with Gasteiger partial charge in [-0.05, 0) is 32.6 Å². The van der Waals surface area contributed by atoms with Crippen LogP contribution in [0.1, 0.15) is 32.0 Å². The molecule has 0 aliphatic carbocycles. The van der Waals surface area contributed by atoms with Crippen molar-refractivity contribution in [3.05, 3.63) is 11.9 Å². The van der Waals surface area contributed by atoms with Crippen LogP contribution in [-0.2, 0) is 4.79 Å². The molecular weight excluding hydrogens is 258 g/mol. The lowest BCUT2D eigenvalue weighted by atomic mass is 9.95. The van der Waals surface area contributed by atoms with Gasteiger partial charge in [-0.2, -0.15) is 4.98 Å². The van der Waals surface area contributed by atoms with Crippen LogP contribution in [-0.4, -0.2) is 40.7 Å². The molecule has 1 saturated heterocycles. The summed E-state index contributed by atoms with van der Waals surface area (Å²) in [5, 5.41) is 8.92. The van der Waals surface area contributed by atoms with Crippen LogP contribution in [0.4, 0.5) is 5.82 Å². The summed E-state index contributed by atoms with van der Waals surface area (Å²) in [5.74, 6) is 1.54. The molecule has 1 aromatic rings. The maximum absolute atomic E-state index is 10.8. The minimum atomic E-state index is -0.731. The van der Waals surface area contributed by atoms with Crippen molar-refractivity contribution in [3.63, 3.8) is 0 Å². The van der Waals surface area contributed by atoms with Gasteiger partial charge in [-0.3, -0.25) is 4.79 Å². The Morgan fingerprint density at radius 2 is 2.35 bits per heavy atom. The number of nitrogens with zero attached hydrogens (tertiary/aromatic N) is 3. The normalized spacial score (nSPS) is 18.9. The molecule has 1 aliphatic heterocycles. The van der Waals surface area contributed by atoms with E-state index in [1.807, 2.05) is 19.9 Å². The monoisotopic (exact) mass is 279 g/mol. The van der Waals surface area contributed by atoms with E-state index in [9.17, 15) is 4.79 Å². The predicted octanol–water partition coefficient (Wildman–Crippen LogP) is 1.87. The number of hydrogen-bond acceptors (Lipinski definition) is 5. The van der Waals surface area contributed by atoms with E-state index in [1.165, 1.54) is 0 Å². The van der Waals surface area contributed by atoms with Gasteiger partial charge < -0.3 is 14.7 Å². The van der Waals surface area contributed by atoms with Gasteiger partial charge in [0.25, 0.3) is 0 Å². The average Bonchev–Trinajstić information content (AvgIpc) is 2.38. The molecule has 20 heavy (non-hydrogen) atoms. The van der Waals surface area contributed by atoms with E-state index in [-0.39, 0.29) is 12.3 Å². The number of hydrogen-bond donors (Lipinski definition) is 1. The SMILES string of the molecule is CCOc1cc(N2CCCC(CC(=O)O)C2)nc(C)n1. The fourth-order valence-corrected chi connectivity index (χ4v) is 2.60. The molecule has 0 bridgehead atoms. The van der Waals surface area contributed by atoms with Crippen molar-refractivity contribution in [1.29, 1.82) is 0 Å². The lowest BCUT2D eigenvalue weighted by Crippen LogP contribution is -2.37. The van der Waals surface area contributed by atoms with E-state index in [1.54, 1.807) is 0 Å². The third-order valence-electron chi connectivity index (χ3n) is 3.40. The van der Waals surface area contributed by atoms with Gasteiger partial charge in [0.2, 0.25) is 5.88 Å². The number of carbonyl (C=O) groups is 1. The molecule has 1 atom stereocenters. The lowest BCUT2D eigenvalue weighted by Gasteiger charge is -2.33. The number of carboxylic acid groups (broad SMARTS) is 1. The Labute approximate surface area is 118 Å². The fraction of sp³-hybridized carbons (Fsp3) is 0.643. The van der Waals surface area contributed by atoms with Crippen LogP contribution in [0.3, 0.4) is 0 Å². The summed E-state index contributed by atoms with van der Waals surface area (Å²) in [4.78, 5) is 21.6. The summed E-state index contributed by atoms with van der Waals surface area (Å²) in [6.45, 7) is 5.95. The average molecular weight is 279 g/mol. The lowest BCUT2D eigenvalue weighted by molar-refractivity contribution is -0.138. The smallest absolute Gasteiger partial charge is 0.303 e. The molecule has 1 aliphatic rings. The van der Waals surface area contributed by atoms with Gasteiger partial charge in [-0.1, -0.05) is 0 Å². The maximum atomic E-state index is 10.8. The number of aromatic nitrogens is 2. The summed E-state index contributed by atoms with van der Waals surface area (Å²) in [5.41, 5.74) is 0. The highest BCUT2D eigenvalue weighted by atomic mass is 16.5. The highest BCUT2D eigenvalue weighted by Gasteiger charge is 2.23. The van der Waals surface area contributed by atoms with Crippen molar-refractivity contribution in [3.8, 4) is 5.88 Å². The summed E-state index contributed by atoms with van der Waals surface area (Å²) < 4.78 is 5.44. The molecule has 6 nitrogen and oxygen atoms in total. The highest BCUT2D eigenvalue weighted by molar-refractivity contribution is 5.67. The first-order chi connectivity index (χ1) is 9.58. The Bertz CT molecular complexity index is 479. The first-order valence-corrected chi connectivity index (χ1v) is 7.03. The molecule has 1 unspecified atom stereocenters. The van der Waals surface area contributed by atoms with Crippen LogP contribution in [0, 0.1) is 12.8 Å². The van der Waals surface area contributed by atoms with Crippen molar-refractivity contribution < 1.29 is 14.6 Å². The Kier molecular flexibility index (Phi) is 4.76. The molecule has 0 spiro atoms. The number of anilines is 1. The predicted molar refractivity (Wildman–Crippen MR) is 75.1 cm³/mol. The molecule has 2 rings (SSSR count). The Hall–Kier alpha value is -1.85. The van der Waals surface area contributed by atoms with E-state index < -0.39 is 5.97 Å². The number of aryl methyl sites for hydroxylation is 1. The number of rotatable bonds is 5. The summed E-state index contributed by atoms with van der Waals surface area (Å²) in [6, 6.07) is 1.83. The van der Waals surface area contributed by atoms with E-state index in [4.69, 9.17) is 9.84 Å². The molecule has 0 radical (unpaired) electrons. The van der Waals surface area contributed by atoms with Gasteiger partial charge in [-0.15, -0.1) is 0 Å². The van der Waals surface area contributed by atoms with Gasteiger partial charge in [-0.25, -0.2) is 4.98 Å². The molecule has 1 N–H and O–H groups in total. The second-order valence-electron chi connectivity index (χ2n) is 5.10. The van der Waals surface area contributed by atoms with Crippen molar-refractivity contribution >= 4 is 11.8 Å². The number of ether oxygens (including phenoxy) is 1. The fourth-order valence-electron chi connectivity index (χ4n) is 2.60. The van der Waals surface area contributed by atoms with Crippen molar-refractivity contribution in [2.75, 3.05) is 24.6 Å². The van der Waals surface area contributed by atoms with Crippen LogP contribution in [0.2, 0.25) is 0 Å². The van der Waals surface area contributed by atoms with Gasteiger partial charge in [0.1, 0.15) is 11.6 Å². The first kappa shape index (κ1) is 14.6. The number of carboxylic acids is 1. The van der Waals surface area contributed by atoms with E-state index in [2.05, 4.69) is 14.9 Å². The van der Waals surface area contributed by atoms with Crippen molar-refractivity contribution in [2.24, 2.45) is 5.92 Å². The van der Waals surface area contributed by atoms with Crippen LogP contribution >= 0.6 is 0 Å². The number of piperidine rings is 1. The molecule has 110 valence electrons. The van der Waals surface area contributed by atoms with Gasteiger partial charge in [0.05, 0.1) is 6.61 Å². The van der Waals surface area contributed by atoms with E-state index in [0.29, 0.717) is 18.3 Å². The highest BCUT2D eigenvalue weighted by Crippen LogP contribution is 2.25. The zero-order valence-electron chi connectivity index (χ0n) is 12.0.